The minimum absolute atomic E-state index is 0.0894. The number of hydrogen-bond donors (Lipinski definition) is 1. The van der Waals surface area contributed by atoms with Crippen molar-refractivity contribution < 1.29 is 9.90 Å². The minimum atomic E-state index is -0.297. The molecule has 0 saturated carbocycles. The molecule has 2 aromatic heterocycles. The Morgan fingerprint density at radius 1 is 1.15 bits per heavy atom. The molecule has 0 saturated heterocycles. The Labute approximate surface area is 119 Å². The Bertz CT molecular complexity index is 804. The van der Waals surface area contributed by atoms with Gasteiger partial charge in [0, 0.05) is 34.6 Å². The van der Waals surface area contributed by atoms with Crippen LogP contribution in [0.5, 0.6) is 5.75 Å². The van der Waals surface area contributed by atoms with E-state index in [-0.39, 0.29) is 17.1 Å². The van der Waals surface area contributed by atoms with Gasteiger partial charge in [-0.15, -0.1) is 0 Å². The molecule has 0 spiro atoms. The van der Waals surface area contributed by atoms with Gasteiger partial charge >= 0.3 is 0 Å². The maximum absolute atomic E-state index is 12.3. The lowest BCUT2D eigenvalue weighted by Gasteiger charge is -2.07. The fraction of sp³-hybridized carbons (Fsp3) is 0. The van der Waals surface area contributed by atoms with Gasteiger partial charge in [0.2, 0.25) is 0 Å². The number of aromatic hydroxyl groups is 1. The van der Waals surface area contributed by atoms with Gasteiger partial charge < -0.3 is 5.11 Å². The number of nitrogens with zero attached hydrogens (tertiary/aromatic N) is 2. The Hall–Kier alpha value is -2.46. The lowest BCUT2D eigenvalue weighted by atomic mass is 10.0. The highest BCUT2D eigenvalue weighted by Crippen LogP contribution is 2.30. The van der Waals surface area contributed by atoms with Crippen LogP contribution in [-0.2, 0) is 0 Å². The number of aromatic nitrogens is 2. The summed E-state index contributed by atoms with van der Waals surface area (Å²) in [4.78, 5) is 20.4. The standard InChI is InChI=1S/C15H9ClN2O2/c16-10-1-2-11-13(7-10)18-8-12(15(11)20)14(19)9-3-5-17-6-4-9/h1-8H,(H,18,20). The zero-order valence-corrected chi connectivity index (χ0v) is 11.0. The van der Waals surface area contributed by atoms with Gasteiger partial charge in [-0.1, -0.05) is 11.6 Å². The van der Waals surface area contributed by atoms with E-state index in [9.17, 15) is 9.90 Å². The highest BCUT2D eigenvalue weighted by molar-refractivity contribution is 6.31. The number of fused-ring (bicyclic) bond motifs is 1. The number of hydrogen-bond acceptors (Lipinski definition) is 4. The molecule has 0 aliphatic heterocycles. The van der Waals surface area contributed by atoms with E-state index in [1.807, 2.05) is 0 Å². The topological polar surface area (TPSA) is 63.1 Å². The predicted molar refractivity (Wildman–Crippen MR) is 76.1 cm³/mol. The number of halogens is 1. The molecule has 0 bridgehead atoms. The first-order valence-electron chi connectivity index (χ1n) is 5.89. The van der Waals surface area contributed by atoms with Gasteiger partial charge in [0.1, 0.15) is 5.75 Å². The zero-order valence-electron chi connectivity index (χ0n) is 10.2. The summed E-state index contributed by atoms with van der Waals surface area (Å²) in [6, 6.07) is 8.11. The third-order valence-electron chi connectivity index (χ3n) is 2.99. The van der Waals surface area contributed by atoms with Crippen LogP contribution in [0.3, 0.4) is 0 Å². The minimum Gasteiger partial charge on any atom is -0.506 e. The van der Waals surface area contributed by atoms with E-state index in [1.54, 1.807) is 30.3 Å². The Morgan fingerprint density at radius 2 is 1.90 bits per heavy atom. The maximum atomic E-state index is 12.3. The lowest BCUT2D eigenvalue weighted by Crippen LogP contribution is -2.03. The quantitative estimate of drug-likeness (QED) is 0.734. The summed E-state index contributed by atoms with van der Waals surface area (Å²) in [6.45, 7) is 0. The number of benzene rings is 1. The molecule has 0 unspecified atom stereocenters. The van der Waals surface area contributed by atoms with Crippen molar-refractivity contribution in [2.75, 3.05) is 0 Å². The van der Waals surface area contributed by atoms with E-state index >= 15 is 0 Å². The van der Waals surface area contributed by atoms with Gasteiger partial charge in [0.05, 0.1) is 11.1 Å². The molecular weight excluding hydrogens is 276 g/mol. The summed E-state index contributed by atoms with van der Waals surface area (Å²) in [7, 11) is 0. The smallest absolute Gasteiger partial charge is 0.198 e. The molecule has 1 aromatic carbocycles. The molecular formula is C15H9ClN2O2. The molecule has 0 aliphatic carbocycles. The number of pyridine rings is 2. The molecule has 1 N–H and O–H groups in total. The van der Waals surface area contributed by atoms with E-state index in [2.05, 4.69) is 9.97 Å². The second-order valence-corrected chi connectivity index (χ2v) is 4.68. The average Bonchev–Trinajstić information content (AvgIpc) is 2.48. The molecule has 5 heteroatoms. The second-order valence-electron chi connectivity index (χ2n) is 4.25. The van der Waals surface area contributed by atoms with E-state index < -0.39 is 0 Å². The van der Waals surface area contributed by atoms with Crippen LogP contribution >= 0.6 is 11.6 Å². The van der Waals surface area contributed by atoms with E-state index in [1.165, 1.54) is 18.6 Å². The molecule has 0 aliphatic rings. The SMILES string of the molecule is O=C(c1ccncc1)c1cnc2cc(Cl)ccc2c1O. The van der Waals surface area contributed by atoms with Crippen molar-refractivity contribution in [1.82, 2.24) is 9.97 Å². The summed E-state index contributed by atoms with van der Waals surface area (Å²) in [6.07, 6.45) is 4.41. The zero-order chi connectivity index (χ0) is 14.1. The van der Waals surface area contributed by atoms with E-state index in [0.29, 0.717) is 21.5 Å². The fourth-order valence-electron chi connectivity index (χ4n) is 1.98. The summed E-state index contributed by atoms with van der Waals surface area (Å²) in [5.41, 5.74) is 1.15. The number of rotatable bonds is 2. The Balaban J connectivity index is 2.16. The van der Waals surface area contributed by atoms with E-state index in [0.717, 1.165) is 0 Å². The molecule has 98 valence electrons. The number of carbonyl (C=O) groups excluding carboxylic acids is 1. The Morgan fingerprint density at radius 3 is 2.65 bits per heavy atom. The van der Waals surface area contributed by atoms with Gasteiger partial charge in [0.25, 0.3) is 0 Å². The Kier molecular flexibility index (Phi) is 3.08. The summed E-state index contributed by atoms with van der Waals surface area (Å²) >= 11 is 5.87. The average molecular weight is 285 g/mol. The van der Waals surface area contributed by atoms with Crippen molar-refractivity contribution in [3.8, 4) is 5.75 Å². The summed E-state index contributed by atoms with van der Waals surface area (Å²) in [5.74, 6) is -0.386. The molecule has 0 fully saturated rings. The van der Waals surface area contributed by atoms with Crippen LogP contribution < -0.4 is 0 Å². The van der Waals surface area contributed by atoms with Crippen LogP contribution in [0.25, 0.3) is 10.9 Å². The molecule has 2 heterocycles. The maximum Gasteiger partial charge on any atom is 0.198 e. The molecule has 3 aromatic rings. The predicted octanol–water partition coefficient (Wildman–Crippen LogP) is 3.22. The molecule has 20 heavy (non-hydrogen) atoms. The molecule has 3 rings (SSSR count). The third-order valence-corrected chi connectivity index (χ3v) is 3.22. The van der Waals surface area contributed by atoms with Gasteiger partial charge in [-0.3, -0.25) is 14.8 Å². The largest absolute Gasteiger partial charge is 0.506 e. The molecule has 0 amide bonds. The van der Waals surface area contributed by atoms with Crippen LogP contribution in [-0.4, -0.2) is 20.9 Å². The van der Waals surface area contributed by atoms with Crippen LogP contribution in [0.1, 0.15) is 15.9 Å². The van der Waals surface area contributed by atoms with Gasteiger partial charge in [-0.05, 0) is 30.3 Å². The molecule has 0 radical (unpaired) electrons. The van der Waals surface area contributed by atoms with Gasteiger partial charge in [0.15, 0.2) is 5.78 Å². The number of ketones is 1. The van der Waals surface area contributed by atoms with Crippen LogP contribution in [0.15, 0.2) is 48.9 Å². The molecule has 0 atom stereocenters. The third kappa shape index (κ3) is 2.10. The normalized spacial score (nSPS) is 10.7. The van der Waals surface area contributed by atoms with Gasteiger partial charge in [-0.25, -0.2) is 0 Å². The second kappa shape index (κ2) is 4.90. The van der Waals surface area contributed by atoms with Crippen molar-refractivity contribution in [2.24, 2.45) is 0 Å². The first-order chi connectivity index (χ1) is 9.66. The van der Waals surface area contributed by atoms with Crippen molar-refractivity contribution in [2.45, 2.75) is 0 Å². The first kappa shape index (κ1) is 12.6. The van der Waals surface area contributed by atoms with Crippen LogP contribution in [0.2, 0.25) is 5.02 Å². The highest BCUT2D eigenvalue weighted by atomic mass is 35.5. The first-order valence-corrected chi connectivity index (χ1v) is 6.26. The van der Waals surface area contributed by atoms with Crippen molar-refractivity contribution in [1.29, 1.82) is 0 Å². The van der Waals surface area contributed by atoms with Crippen molar-refractivity contribution >= 4 is 28.3 Å². The van der Waals surface area contributed by atoms with Gasteiger partial charge in [-0.2, -0.15) is 0 Å². The van der Waals surface area contributed by atoms with Crippen molar-refractivity contribution in [3.05, 3.63) is 65.1 Å². The summed E-state index contributed by atoms with van der Waals surface area (Å²) in [5, 5.41) is 11.3. The summed E-state index contributed by atoms with van der Waals surface area (Å²) < 4.78 is 0. The molecule has 4 nitrogen and oxygen atoms in total. The highest BCUT2D eigenvalue weighted by Gasteiger charge is 2.16. The fourth-order valence-corrected chi connectivity index (χ4v) is 2.14. The van der Waals surface area contributed by atoms with E-state index in [4.69, 9.17) is 11.6 Å². The van der Waals surface area contributed by atoms with Crippen LogP contribution in [0, 0.1) is 0 Å². The lowest BCUT2D eigenvalue weighted by molar-refractivity contribution is 0.103. The van der Waals surface area contributed by atoms with Crippen LogP contribution in [0.4, 0.5) is 0 Å². The van der Waals surface area contributed by atoms with Crippen molar-refractivity contribution in [3.63, 3.8) is 0 Å². The monoisotopic (exact) mass is 284 g/mol. The number of carbonyl (C=O) groups is 1.